The average molecular weight is 264 g/mol. The Labute approximate surface area is 92.2 Å². The molecule has 0 amide bonds. The third kappa shape index (κ3) is 2.89. The van der Waals surface area contributed by atoms with Gasteiger partial charge >= 0.3 is 0 Å². The fourth-order valence-corrected chi connectivity index (χ4v) is 2.09. The zero-order valence-corrected chi connectivity index (χ0v) is 10.2. The van der Waals surface area contributed by atoms with Crippen molar-refractivity contribution in [1.29, 1.82) is 0 Å². The predicted octanol–water partition coefficient (Wildman–Crippen LogP) is 4.20. The topological polar surface area (TPSA) is 9.23 Å². The van der Waals surface area contributed by atoms with Crippen LogP contribution in [0.5, 0.6) is 5.75 Å². The molecule has 0 atom stereocenters. The molecule has 1 rings (SSSR count). The van der Waals surface area contributed by atoms with E-state index in [4.69, 9.17) is 16.3 Å². The van der Waals surface area contributed by atoms with Crippen molar-refractivity contribution >= 4 is 27.5 Å². The van der Waals surface area contributed by atoms with E-state index in [-0.39, 0.29) is 6.10 Å². The number of hydrogen-bond donors (Lipinski definition) is 0. The zero-order chi connectivity index (χ0) is 10.0. The summed E-state index contributed by atoms with van der Waals surface area (Å²) in [4.78, 5) is 0. The fraction of sp³-hybridized carbons (Fsp3) is 0.400. The first-order valence-electron chi connectivity index (χ1n) is 4.13. The van der Waals surface area contributed by atoms with Gasteiger partial charge in [-0.25, -0.2) is 0 Å². The molecule has 0 heterocycles. The molecule has 0 aliphatic carbocycles. The first kappa shape index (κ1) is 10.9. The molecule has 13 heavy (non-hydrogen) atoms. The molecule has 0 N–H and O–H groups in total. The normalized spacial score (nSPS) is 10.6. The summed E-state index contributed by atoms with van der Waals surface area (Å²) in [5, 5.41) is 0.653. The van der Waals surface area contributed by atoms with Crippen LogP contribution in [0.25, 0.3) is 0 Å². The van der Waals surface area contributed by atoms with Crippen LogP contribution in [0, 0.1) is 6.92 Å². The van der Waals surface area contributed by atoms with Crippen molar-refractivity contribution in [2.24, 2.45) is 0 Å². The standard InChI is InChI=1S/C10H12BrClO/c1-6(2)13-10-7(3)4-8(11)5-9(10)12/h4-6H,1-3H3. The maximum absolute atomic E-state index is 6.02. The molecule has 0 aliphatic rings. The molecule has 0 unspecified atom stereocenters. The van der Waals surface area contributed by atoms with Crippen molar-refractivity contribution in [2.75, 3.05) is 0 Å². The Morgan fingerprint density at radius 2 is 2.00 bits per heavy atom. The maximum atomic E-state index is 6.02. The fourth-order valence-electron chi connectivity index (χ4n) is 1.07. The molecule has 1 aromatic carbocycles. The van der Waals surface area contributed by atoms with E-state index in [0.29, 0.717) is 5.02 Å². The van der Waals surface area contributed by atoms with Gasteiger partial charge in [0.15, 0.2) is 0 Å². The maximum Gasteiger partial charge on any atom is 0.141 e. The Morgan fingerprint density at radius 1 is 1.38 bits per heavy atom. The van der Waals surface area contributed by atoms with Gasteiger partial charge in [0.05, 0.1) is 11.1 Å². The summed E-state index contributed by atoms with van der Waals surface area (Å²) in [7, 11) is 0. The predicted molar refractivity (Wildman–Crippen MR) is 59.7 cm³/mol. The zero-order valence-electron chi connectivity index (χ0n) is 7.90. The smallest absolute Gasteiger partial charge is 0.141 e. The number of halogens is 2. The molecule has 3 heteroatoms. The van der Waals surface area contributed by atoms with Crippen molar-refractivity contribution < 1.29 is 4.74 Å². The van der Waals surface area contributed by atoms with Gasteiger partial charge in [-0.15, -0.1) is 0 Å². The van der Waals surface area contributed by atoms with Gasteiger partial charge in [0, 0.05) is 4.47 Å². The van der Waals surface area contributed by atoms with Crippen molar-refractivity contribution in [3.8, 4) is 5.75 Å². The van der Waals surface area contributed by atoms with Crippen LogP contribution in [-0.2, 0) is 0 Å². The highest BCUT2D eigenvalue weighted by Gasteiger charge is 2.08. The number of ether oxygens (including phenoxy) is 1. The summed E-state index contributed by atoms with van der Waals surface area (Å²) < 4.78 is 6.56. The highest BCUT2D eigenvalue weighted by molar-refractivity contribution is 9.10. The van der Waals surface area contributed by atoms with Crippen LogP contribution in [0.3, 0.4) is 0 Å². The quantitative estimate of drug-likeness (QED) is 0.777. The highest BCUT2D eigenvalue weighted by atomic mass is 79.9. The Kier molecular flexibility index (Phi) is 3.63. The molecule has 0 aliphatic heterocycles. The molecule has 0 fully saturated rings. The van der Waals surface area contributed by atoms with Crippen LogP contribution in [0.4, 0.5) is 0 Å². The van der Waals surface area contributed by atoms with Crippen LogP contribution in [0.15, 0.2) is 16.6 Å². The third-order valence-electron chi connectivity index (χ3n) is 1.55. The summed E-state index contributed by atoms with van der Waals surface area (Å²) in [6, 6.07) is 3.83. The van der Waals surface area contributed by atoms with E-state index in [1.165, 1.54) is 0 Å². The molecular weight excluding hydrogens is 251 g/mol. The van der Waals surface area contributed by atoms with Crippen LogP contribution < -0.4 is 4.74 Å². The molecule has 0 saturated heterocycles. The molecular formula is C10H12BrClO. The lowest BCUT2D eigenvalue weighted by Gasteiger charge is -2.14. The summed E-state index contributed by atoms with van der Waals surface area (Å²) in [6.45, 7) is 5.95. The first-order chi connectivity index (χ1) is 6.00. The molecule has 0 aromatic heterocycles. The minimum absolute atomic E-state index is 0.150. The SMILES string of the molecule is Cc1cc(Br)cc(Cl)c1OC(C)C. The lowest BCUT2D eigenvalue weighted by atomic mass is 10.2. The Hall–Kier alpha value is -0.210. The van der Waals surface area contributed by atoms with E-state index in [9.17, 15) is 0 Å². The number of rotatable bonds is 2. The second-order valence-corrected chi connectivity index (χ2v) is 4.52. The Morgan fingerprint density at radius 3 is 2.46 bits per heavy atom. The van der Waals surface area contributed by atoms with Gasteiger partial charge in [-0.3, -0.25) is 0 Å². The molecule has 1 aromatic rings. The van der Waals surface area contributed by atoms with Crippen LogP contribution in [0.2, 0.25) is 5.02 Å². The van der Waals surface area contributed by atoms with E-state index < -0.39 is 0 Å². The summed E-state index contributed by atoms with van der Waals surface area (Å²) >= 11 is 9.40. The number of benzene rings is 1. The van der Waals surface area contributed by atoms with Crippen molar-refractivity contribution in [3.05, 3.63) is 27.2 Å². The Bertz CT molecular complexity index is 287. The van der Waals surface area contributed by atoms with E-state index in [2.05, 4.69) is 15.9 Å². The largest absolute Gasteiger partial charge is 0.489 e. The van der Waals surface area contributed by atoms with Crippen molar-refractivity contribution in [2.45, 2.75) is 26.9 Å². The van der Waals surface area contributed by atoms with E-state index >= 15 is 0 Å². The van der Waals surface area contributed by atoms with Crippen LogP contribution >= 0.6 is 27.5 Å². The first-order valence-corrected chi connectivity index (χ1v) is 5.30. The molecule has 0 bridgehead atoms. The second kappa shape index (κ2) is 4.34. The minimum atomic E-state index is 0.150. The summed E-state index contributed by atoms with van der Waals surface area (Å²) in [6.07, 6.45) is 0.150. The lowest BCUT2D eigenvalue weighted by Crippen LogP contribution is -2.07. The third-order valence-corrected chi connectivity index (χ3v) is 2.29. The molecule has 0 radical (unpaired) electrons. The highest BCUT2D eigenvalue weighted by Crippen LogP contribution is 2.32. The van der Waals surface area contributed by atoms with E-state index in [0.717, 1.165) is 15.8 Å². The van der Waals surface area contributed by atoms with Gasteiger partial charge < -0.3 is 4.74 Å². The van der Waals surface area contributed by atoms with Gasteiger partial charge in [0.2, 0.25) is 0 Å². The van der Waals surface area contributed by atoms with Crippen molar-refractivity contribution in [3.63, 3.8) is 0 Å². The lowest BCUT2D eigenvalue weighted by molar-refractivity contribution is 0.241. The summed E-state index contributed by atoms with van der Waals surface area (Å²) in [5.41, 5.74) is 1.05. The molecule has 0 spiro atoms. The van der Waals surface area contributed by atoms with E-state index in [1.807, 2.05) is 32.9 Å². The van der Waals surface area contributed by atoms with Gasteiger partial charge in [-0.1, -0.05) is 27.5 Å². The van der Waals surface area contributed by atoms with Gasteiger partial charge in [0.1, 0.15) is 5.75 Å². The monoisotopic (exact) mass is 262 g/mol. The van der Waals surface area contributed by atoms with Gasteiger partial charge in [-0.05, 0) is 38.5 Å². The van der Waals surface area contributed by atoms with Crippen LogP contribution in [0.1, 0.15) is 19.4 Å². The average Bonchev–Trinajstić information content (AvgIpc) is 1.96. The Balaban J connectivity index is 3.06. The minimum Gasteiger partial charge on any atom is -0.489 e. The summed E-state index contributed by atoms with van der Waals surface area (Å²) in [5.74, 6) is 0.778. The molecule has 0 saturated carbocycles. The van der Waals surface area contributed by atoms with Crippen LogP contribution in [-0.4, -0.2) is 6.10 Å². The number of hydrogen-bond acceptors (Lipinski definition) is 1. The van der Waals surface area contributed by atoms with E-state index in [1.54, 1.807) is 0 Å². The van der Waals surface area contributed by atoms with Gasteiger partial charge in [-0.2, -0.15) is 0 Å². The van der Waals surface area contributed by atoms with Gasteiger partial charge in [0.25, 0.3) is 0 Å². The number of aryl methyl sites for hydroxylation is 1. The molecule has 72 valence electrons. The second-order valence-electron chi connectivity index (χ2n) is 3.20. The van der Waals surface area contributed by atoms with Crippen molar-refractivity contribution in [1.82, 2.24) is 0 Å². The molecule has 1 nitrogen and oxygen atoms in total.